The number of thiazole rings is 1. The van der Waals surface area contributed by atoms with Crippen LogP contribution < -0.4 is 9.47 Å². The molecule has 0 aliphatic rings. The zero-order valence-corrected chi connectivity index (χ0v) is 14.9. The van der Waals surface area contributed by atoms with Gasteiger partial charge in [-0.1, -0.05) is 0 Å². The van der Waals surface area contributed by atoms with E-state index in [-0.39, 0.29) is 6.42 Å². The number of carboxylic acid groups (broad SMARTS) is 1. The molecule has 1 N–H and O–H groups in total. The minimum absolute atomic E-state index is 0.129. The van der Waals surface area contributed by atoms with Crippen molar-refractivity contribution in [1.29, 1.82) is 0 Å². The van der Waals surface area contributed by atoms with Gasteiger partial charge in [-0.3, -0.25) is 9.69 Å². The average molecular weight is 350 g/mol. The van der Waals surface area contributed by atoms with Gasteiger partial charge in [-0.15, -0.1) is 11.3 Å². The lowest BCUT2D eigenvalue weighted by Gasteiger charge is -2.13. The molecule has 1 heterocycles. The number of ether oxygens (including phenoxy) is 2. The third kappa shape index (κ3) is 4.94. The maximum absolute atomic E-state index is 10.6. The van der Waals surface area contributed by atoms with Gasteiger partial charge in [-0.05, 0) is 32.2 Å². The summed E-state index contributed by atoms with van der Waals surface area (Å²) < 4.78 is 10.9. The van der Waals surface area contributed by atoms with E-state index < -0.39 is 5.97 Å². The molecule has 2 aromatic rings. The van der Waals surface area contributed by atoms with E-state index in [0.717, 1.165) is 16.3 Å². The summed E-state index contributed by atoms with van der Waals surface area (Å²) in [5.74, 6) is 0.612. The number of hydrogen-bond donors (Lipinski definition) is 1. The van der Waals surface area contributed by atoms with Crippen molar-refractivity contribution in [3.05, 3.63) is 29.3 Å². The summed E-state index contributed by atoms with van der Waals surface area (Å²) in [6.07, 6.45) is 0.129. The van der Waals surface area contributed by atoms with Crippen LogP contribution in [0.2, 0.25) is 0 Å². The first-order valence-electron chi connectivity index (χ1n) is 7.69. The van der Waals surface area contributed by atoms with Gasteiger partial charge in [-0.2, -0.15) is 0 Å². The smallest absolute Gasteiger partial charge is 0.304 e. The fourth-order valence-corrected chi connectivity index (χ4v) is 3.04. The molecular formula is C17H22N2O4S. The highest BCUT2D eigenvalue weighted by Gasteiger charge is 2.11. The molecule has 1 aromatic carbocycles. The first-order chi connectivity index (χ1) is 11.5. The fraction of sp³-hybridized carbons (Fsp3) is 0.412. The van der Waals surface area contributed by atoms with Gasteiger partial charge in [0.2, 0.25) is 0 Å². The summed E-state index contributed by atoms with van der Waals surface area (Å²) >= 11 is 1.56. The van der Waals surface area contributed by atoms with Crippen LogP contribution in [0, 0.1) is 0 Å². The van der Waals surface area contributed by atoms with Crippen LogP contribution in [0.15, 0.2) is 23.6 Å². The average Bonchev–Trinajstić information content (AvgIpc) is 3.02. The highest BCUT2D eigenvalue weighted by Crippen LogP contribution is 2.33. The minimum atomic E-state index is -0.790. The number of carbonyl (C=O) groups is 1. The summed E-state index contributed by atoms with van der Waals surface area (Å²) in [6.45, 7) is 3.64. The quantitative estimate of drug-likeness (QED) is 0.749. The van der Waals surface area contributed by atoms with Crippen molar-refractivity contribution in [3.8, 4) is 22.1 Å². The third-order valence-electron chi connectivity index (χ3n) is 3.40. The second kappa shape index (κ2) is 8.65. The van der Waals surface area contributed by atoms with Crippen LogP contribution in [0.4, 0.5) is 0 Å². The van der Waals surface area contributed by atoms with Crippen molar-refractivity contribution in [2.24, 2.45) is 0 Å². The SMILES string of the molecule is CCOc1ccc(-c2nc(CN(C)CCC(=O)O)cs2)cc1OC. The lowest BCUT2D eigenvalue weighted by Crippen LogP contribution is -2.21. The highest BCUT2D eigenvalue weighted by atomic mass is 32.1. The number of hydrogen-bond acceptors (Lipinski definition) is 6. The van der Waals surface area contributed by atoms with E-state index in [1.165, 1.54) is 0 Å². The van der Waals surface area contributed by atoms with Crippen molar-refractivity contribution in [1.82, 2.24) is 9.88 Å². The molecule has 0 radical (unpaired) electrons. The molecule has 7 heteroatoms. The zero-order chi connectivity index (χ0) is 17.5. The number of carboxylic acids is 1. The summed E-state index contributed by atoms with van der Waals surface area (Å²) in [5, 5.41) is 11.6. The van der Waals surface area contributed by atoms with Crippen LogP contribution >= 0.6 is 11.3 Å². The van der Waals surface area contributed by atoms with Gasteiger partial charge in [0.15, 0.2) is 11.5 Å². The summed E-state index contributed by atoms with van der Waals surface area (Å²) in [6, 6.07) is 5.77. The van der Waals surface area contributed by atoms with Crippen molar-refractivity contribution < 1.29 is 19.4 Å². The topological polar surface area (TPSA) is 71.9 Å². The molecule has 0 bridgehead atoms. The van der Waals surface area contributed by atoms with Crippen LogP contribution in [0.3, 0.4) is 0 Å². The number of aromatic nitrogens is 1. The van der Waals surface area contributed by atoms with Crippen LogP contribution in [0.5, 0.6) is 11.5 Å². The largest absolute Gasteiger partial charge is 0.493 e. The predicted molar refractivity (Wildman–Crippen MR) is 93.9 cm³/mol. The molecule has 0 saturated carbocycles. The molecule has 0 aliphatic carbocycles. The number of aliphatic carboxylic acids is 1. The Kier molecular flexibility index (Phi) is 6.57. The monoisotopic (exact) mass is 350 g/mol. The summed E-state index contributed by atoms with van der Waals surface area (Å²) in [5.41, 5.74) is 1.90. The molecule has 0 saturated heterocycles. The third-order valence-corrected chi connectivity index (χ3v) is 4.34. The van der Waals surface area contributed by atoms with Gasteiger partial charge in [0.05, 0.1) is 25.8 Å². The number of nitrogens with zero attached hydrogens (tertiary/aromatic N) is 2. The van der Waals surface area contributed by atoms with Crippen LogP contribution in [-0.2, 0) is 11.3 Å². The second-order valence-corrected chi connectivity index (χ2v) is 6.18. The van der Waals surface area contributed by atoms with E-state index in [1.807, 2.05) is 42.5 Å². The molecule has 24 heavy (non-hydrogen) atoms. The second-order valence-electron chi connectivity index (χ2n) is 5.32. The molecular weight excluding hydrogens is 328 g/mol. The van der Waals surface area contributed by atoms with Gasteiger partial charge >= 0.3 is 5.97 Å². The molecule has 2 rings (SSSR count). The van der Waals surface area contributed by atoms with Crippen molar-refractivity contribution in [2.75, 3.05) is 27.3 Å². The van der Waals surface area contributed by atoms with E-state index in [2.05, 4.69) is 4.98 Å². The number of rotatable bonds is 9. The van der Waals surface area contributed by atoms with Gasteiger partial charge in [0.25, 0.3) is 0 Å². The number of benzene rings is 1. The molecule has 0 fully saturated rings. The van der Waals surface area contributed by atoms with Crippen molar-refractivity contribution >= 4 is 17.3 Å². The fourth-order valence-electron chi connectivity index (χ4n) is 2.23. The molecule has 1 aromatic heterocycles. The number of methoxy groups -OCH3 is 1. The Hall–Kier alpha value is -2.12. The highest BCUT2D eigenvalue weighted by molar-refractivity contribution is 7.13. The van der Waals surface area contributed by atoms with E-state index in [1.54, 1.807) is 18.4 Å². The zero-order valence-electron chi connectivity index (χ0n) is 14.1. The Morgan fingerprint density at radius 1 is 1.38 bits per heavy atom. The maximum Gasteiger partial charge on any atom is 0.304 e. The lowest BCUT2D eigenvalue weighted by molar-refractivity contribution is -0.137. The molecule has 6 nitrogen and oxygen atoms in total. The summed E-state index contributed by atoms with van der Waals surface area (Å²) in [7, 11) is 3.51. The molecule has 130 valence electrons. The first-order valence-corrected chi connectivity index (χ1v) is 8.57. The van der Waals surface area contributed by atoms with Crippen LogP contribution in [0.25, 0.3) is 10.6 Å². The van der Waals surface area contributed by atoms with Gasteiger partial charge in [-0.25, -0.2) is 4.98 Å². The van der Waals surface area contributed by atoms with E-state index in [0.29, 0.717) is 31.2 Å². The molecule has 0 unspecified atom stereocenters. The normalized spacial score (nSPS) is 10.8. The van der Waals surface area contributed by atoms with Crippen LogP contribution in [0.1, 0.15) is 19.0 Å². The van der Waals surface area contributed by atoms with E-state index >= 15 is 0 Å². The molecule has 0 spiro atoms. The van der Waals surface area contributed by atoms with Gasteiger partial charge in [0, 0.05) is 24.0 Å². The Balaban J connectivity index is 2.08. The van der Waals surface area contributed by atoms with Crippen LogP contribution in [-0.4, -0.2) is 48.3 Å². The molecule has 0 amide bonds. The Morgan fingerprint density at radius 2 is 2.17 bits per heavy atom. The maximum atomic E-state index is 10.6. The Morgan fingerprint density at radius 3 is 2.83 bits per heavy atom. The predicted octanol–water partition coefficient (Wildman–Crippen LogP) is 3.12. The van der Waals surface area contributed by atoms with E-state index in [9.17, 15) is 4.79 Å². The van der Waals surface area contributed by atoms with E-state index in [4.69, 9.17) is 14.6 Å². The Labute approximate surface area is 145 Å². The van der Waals surface area contributed by atoms with Gasteiger partial charge < -0.3 is 14.6 Å². The van der Waals surface area contributed by atoms with Crippen molar-refractivity contribution in [2.45, 2.75) is 19.9 Å². The molecule has 0 aliphatic heterocycles. The summed E-state index contributed by atoms with van der Waals surface area (Å²) in [4.78, 5) is 17.2. The Bertz CT molecular complexity index is 687. The molecule has 0 atom stereocenters. The van der Waals surface area contributed by atoms with Gasteiger partial charge in [0.1, 0.15) is 5.01 Å². The lowest BCUT2D eigenvalue weighted by atomic mass is 10.2. The standard InChI is InChI=1S/C17H22N2O4S/c1-4-23-14-6-5-12(9-15(14)22-3)17-18-13(11-24-17)10-19(2)8-7-16(20)21/h5-6,9,11H,4,7-8,10H2,1-3H3,(H,20,21). The minimum Gasteiger partial charge on any atom is -0.493 e. The van der Waals surface area contributed by atoms with Crippen molar-refractivity contribution in [3.63, 3.8) is 0 Å². The first kappa shape index (κ1) is 18.2.